The number of amides is 1. The molecule has 4 nitrogen and oxygen atoms in total. The van der Waals surface area contributed by atoms with Gasteiger partial charge in [0.1, 0.15) is 11.4 Å². The van der Waals surface area contributed by atoms with Gasteiger partial charge in [-0.05, 0) is 78.1 Å². The molecule has 2 atom stereocenters. The maximum Gasteiger partial charge on any atom is 0.407 e. The summed E-state index contributed by atoms with van der Waals surface area (Å²) in [5.74, 6) is 0.903. The largest absolute Gasteiger partial charge is 0.444 e. The molecule has 0 spiro atoms. The maximum absolute atomic E-state index is 11.5. The Morgan fingerprint density at radius 1 is 1.33 bits per heavy atom. The Bertz CT molecular complexity index is 433. The second-order valence-electron chi connectivity index (χ2n) is 8.69. The average Bonchev–Trinajstić information content (AvgIpc) is 2.30. The van der Waals surface area contributed by atoms with Crippen molar-refractivity contribution >= 4 is 11.9 Å². The van der Waals surface area contributed by atoms with E-state index < -0.39 is 5.60 Å². The standard InChI is InChI=1S/C17H31NO2.C3H6O/c1-13-10-14(2)12-17(6,11-13)8-7-9-18-15(19)20-16(3,4)5;1-3(2)4/h14H,1,7-12H2,2-6H3,(H,18,19);1-2H3. The van der Waals surface area contributed by atoms with Gasteiger partial charge in [0.2, 0.25) is 0 Å². The minimum atomic E-state index is -0.424. The van der Waals surface area contributed by atoms with Gasteiger partial charge in [0.25, 0.3) is 0 Å². The first-order valence-electron chi connectivity index (χ1n) is 8.94. The molecular weight excluding hydrogens is 302 g/mol. The third-order valence-electron chi connectivity index (χ3n) is 3.78. The monoisotopic (exact) mass is 339 g/mol. The van der Waals surface area contributed by atoms with Crippen LogP contribution >= 0.6 is 0 Å². The van der Waals surface area contributed by atoms with Gasteiger partial charge in [0, 0.05) is 6.54 Å². The van der Waals surface area contributed by atoms with E-state index in [-0.39, 0.29) is 11.9 Å². The number of ether oxygens (including phenoxy) is 1. The molecular formula is C20H37NO3. The van der Waals surface area contributed by atoms with Gasteiger partial charge in [-0.2, -0.15) is 0 Å². The van der Waals surface area contributed by atoms with Crippen LogP contribution in [0.2, 0.25) is 0 Å². The van der Waals surface area contributed by atoms with Gasteiger partial charge in [0.15, 0.2) is 0 Å². The molecule has 4 heteroatoms. The van der Waals surface area contributed by atoms with Crippen molar-refractivity contribution < 1.29 is 14.3 Å². The van der Waals surface area contributed by atoms with Crippen LogP contribution in [0.25, 0.3) is 0 Å². The number of allylic oxidation sites excluding steroid dienone is 1. The molecule has 1 saturated carbocycles. The summed E-state index contributed by atoms with van der Waals surface area (Å²) >= 11 is 0. The molecule has 0 aromatic carbocycles. The van der Waals surface area contributed by atoms with E-state index in [4.69, 9.17) is 4.74 Å². The van der Waals surface area contributed by atoms with Crippen LogP contribution in [0.5, 0.6) is 0 Å². The van der Waals surface area contributed by atoms with Crippen molar-refractivity contribution in [3.63, 3.8) is 0 Å². The van der Waals surface area contributed by atoms with Crippen molar-refractivity contribution in [1.29, 1.82) is 0 Å². The molecule has 2 unspecified atom stereocenters. The summed E-state index contributed by atoms with van der Waals surface area (Å²) in [6.45, 7) is 18.2. The topological polar surface area (TPSA) is 55.4 Å². The lowest BCUT2D eigenvalue weighted by Gasteiger charge is -2.38. The molecule has 0 bridgehead atoms. The van der Waals surface area contributed by atoms with Gasteiger partial charge in [-0.15, -0.1) is 0 Å². The zero-order valence-electron chi connectivity index (χ0n) is 16.8. The molecule has 140 valence electrons. The fourth-order valence-corrected chi connectivity index (χ4v) is 3.36. The predicted octanol–water partition coefficient (Wildman–Crippen LogP) is 5.27. The van der Waals surface area contributed by atoms with Crippen molar-refractivity contribution in [1.82, 2.24) is 5.32 Å². The highest BCUT2D eigenvalue weighted by molar-refractivity contribution is 5.72. The number of hydrogen-bond donors (Lipinski definition) is 1. The fraction of sp³-hybridized carbons (Fsp3) is 0.800. The molecule has 1 fully saturated rings. The Hall–Kier alpha value is -1.32. The van der Waals surface area contributed by atoms with E-state index in [0.717, 1.165) is 25.2 Å². The highest BCUT2D eigenvalue weighted by atomic mass is 16.6. The molecule has 1 N–H and O–H groups in total. The number of rotatable bonds is 4. The molecule has 24 heavy (non-hydrogen) atoms. The number of carbonyl (C=O) groups excluding carboxylic acids is 2. The third-order valence-corrected chi connectivity index (χ3v) is 3.78. The Morgan fingerprint density at radius 3 is 2.33 bits per heavy atom. The second-order valence-corrected chi connectivity index (χ2v) is 8.69. The Labute approximate surface area is 148 Å². The Balaban J connectivity index is 0.00000118. The summed E-state index contributed by atoms with van der Waals surface area (Å²) in [6.07, 6.45) is 5.37. The van der Waals surface area contributed by atoms with Gasteiger partial charge in [-0.25, -0.2) is 4.79 Å². The molecule has 0 aromatic rings. The Kier molecular flexibility index (Phi) is 9.31. The van der Waals surface area contributed by atoms with Crippen molar-refractivity contribution in [3.8, 4) is 0 Å². The maximum atomic E-state index is 11.5. The molecule has 1 aliphatic rings. The average molecular weight is 340 g/mol. The van der Waals surface area contributed by atoms with E-state index in [1.807, 2.05) is 20.8 Å². The lowest BCUT2D eigenvalue weighted by molar-refractivity contribution is -0.115. The van der Waals surface area contributed by atoms with Crippen LogP contribution < -0.4 is 5.32 Å². The number of ketones is 1. The molecule has 1 aliphatic carbocycles. The van der Waals surface area contributed by atoms with Crippen LogP contribution in [0.3, 0.4) is 0 Å². The molecule has 1 rings (SSSR count). The summed E-state index contributed by atoms with van der Waals surface area (Å²) < 4.78 is 5.22. The minimum absolute atomic E-state index is 0.167. The van der Waals surface area contributed by atoms with Crippen LogP contribution in [0.15, 0.2) is 12.2 Å². The highest BCUT2D eigenvalue weighted by Crippen LogP contribution is 2.44. The van der Waals surface area contributed by atoms with Crippen LogP contribution in [-0.2, 0) is 9.53 Å². The van der Waals surface area contributed by atoms with Gasteiger partial charge >= 0.3 is 6.09 Å². The zero-order chi connectivity index (χ0) is 19.0. The lowest BCUT2D eigenvalue weighted by atomic mass is 9.67. The molecule has 0 heterocycles. The van der Waals surface area contributed by atoms with Crippen molar-refractivity contribution in [2.24, 2.45) is 11.3 Å². The molecule has 0 aliphatic heterocycles. The first kappa shape index (κ1) is 22.7. The third kappa shape index (κ3) is 12.1. The van der Waals surface area contributed by atoms with Gasteiger partial charge in [-0.3, -0.25) is 0 Å². The summed E-state index contributed by atoms with van der Waals surface area (Å²) in [6, 6.07) is 0. The van der Waals surface area contributed by atoms with Crippen molar-refractivity contribution in [3.05, 3.63) is 12.2 Å². The van der Waals surface area contributed by atoms with Crippen LogP contribution in [0.4, 0.5) is 4.79 Å². The molecule has 1 amide bonds. The first-order valence-corrected chi connectivity index (χ1v) is 8.94. The van der Waals surface area contributed by atoms with E-state index in [0.29, 0.717) is 12.0 Å². The fourth-order valence-electron chi connectivity index (χ4n) is 3.36. The summed E-state index contributed by atoms with van der Waals surface area (Å²) in [5, 5.41) is 2.83. The molecule has 0 aromatic heterocycles. The van der Waals surface area contributed by atoms with E-state index in [1.54, 1.807) is 0 Å². The number of alkyl carbamates (subject to hydrolysis) is 1. The van der Waals surface area contributed by atoms with Gasteiger partial charge in [-0.1, -0.05) is 26.0 Å². The van der Waals surface area contributed by atoms with E-state index in [9.17, 15) is 9.59 Å². The van der Waals surface area contributed by atoms with Crippen LogP contribution in [0, 0.1) is 11.3 Å². The molecule has 0 saturated heterocycles. The lowest BCUT2D eigenvalue weighted by Crippen LogP contribution is -2.33. The van der Waals surface area contributed by atoms with Crippen molar-refractivity contribution in [2.45, 2.75) is 86.2 Å². The normalized spacial score (nSPS) is 23.8. The van der Waals surface area contributed by atoms with E-state index in [1.165, 1.54) is 32.3 Å². The predicted molar refractivity (Wildman–Crippen MR) is 100 cm³/mol. The second kappa shape index (κ2) is 9.85. The van der Waals surface area contributed by atoms with Gasteiger partial charge < -0.3 is 14.8 Å². The Morgan fingerprint density at radius 2 is 1.88 bits per heavy atom. The first-order chi connectivity index (χ1) is 10.8. The number of hydrogen-bond acceptors (Lipinski definition) is 3. The smallest absolute Gasteiger partial charge is 0.407 e. The summed E-state index contributed by atoms with van der Waals surface area (Å²) in [7, 11) is 0. The summed E-state index contributed by atoms with van der Waals surface area (Å²) in [4.78, 5) is 21.0. The van der Waals surface area contributed by atoms with Crippen molar-refractivity contribution in [2.75, 3.05) is 6.54 Å². The van der Waals surface area contributed by atoms with Crippen LogP contribution in [-0.4, -0.2) is 24.0 Å². The number of carbonyl (C=O) groups is 2. The number of nitrogens with one attached hydrogen (secondary N) is 1. The van der Waals surface area contributed by atoms with Crippen LogP contribution in [0.1, 0.15) is 80.6 Å². The zero-order valence-corrected chi connectivity index (χ0v) is 16.8. The minimum Gasteiger partial charge on any atom is -0.444 e. The SMILES string of the molecule is C=C1CC(C)CC(C)(CCCNC(=O)OC(C)(C)C)C1.CC(C)=O. The summed E-state index contributed by atoms with van der Waals surface area (Å²) in [5.41, 5.74) is 1.31. The molecule has 0 radical (unpaired) electrons. The van der Waals surface area contributed by atoms with E-state index >= 15 is 0 Å². The van der Waals surface area contributed by atoms with Gasteiger partial charge in [0.05, 0.1) is 0 Å². The highest BCUT2D eigenvalue weighted by Gasteiger charge is 2.31. The van der Waals surface area contributed by atoms with E-state index in [2.05, 4.69) is 25.7 Å². The number of Topliss-reactive ketones (excluding diaryl/α,β-unsaturated/α-hetero) is 1. The quantitative estimate of drug-likeness (QED) is 0.561.